The normalized spacial score (nSPS) is 30.9. The van der Waals surface area contributed by atoms with Gasteiger partial charge in [0, 0.05) is 50.2 Å². The van der Waals surface area contributed by atoms with E-state index in [0.717, 1.165) is 26.1 Å². The molecule has 0 bridgehead atoms. The molecule has 0 radical (unpaired) electrons. The molecular weight excluding hydrogens is 404 g/mol. The molecule has 1 aliphatic heterocycles. The number of hydrogen-bond acceptors (Lipinski definition) is 7. The first kappa shape index (κ1) is 21.8. The third kappa shape index (κ3) is 4.07. The molecular formula is C22H29F2N5O2. The van der Waals surface area contributed by atoms with Crippen LogP contribution in [0.15, 0.2) is 17.8 Å². The second-order valence-electron chi connectivity index (χ2n) is 8.99. The van der Waals surface area contributed by atoms with Crippen LogP contribution in [0.2, 0.25) is 0 Å². The summed E-state index contributed by atoms with van der Waals surface area (Å²) in [5, 5.41) is 3.35. The van der Waals surface area contributed by atoms with Crippen molar-refractivity contribution in [3.05, 3.63) is 23.5 Å². The van der Waals surface area contributed by atoms with Crippen molar-refractivity contribution in [3.8, 4) is 0 Å². The van der Waals surface area contributed by atoms with Crippen molar-refractivity contribution in [1.29, 1.82) is 0 Å². The molecule has 168 valence electrons. The summed E-state index contributed by atoms with van der Waals surface area (Å²) in [4.78, 5) is 36.9. The lowest BCUT2D eigenvalue weighted by Gasteiger charge is -2.41. The van der Waals surface area contributed by atoms with Gasteiger partial charge in [0.15, 0.2) is 5.78 Å². The summed E-state index contributed by atoms with van der Waals surface area (Å²) in [7, 11) is 0. The van der Waals surface area contributed by atoms with Gasteiger partial charge in [0.25, 0.3) is 5.92 Å². The van der Waals surface area contributed by atoms with E-state index in [1.165, 1.54) is 12.3 Å². The Morgan fingerprint density at radius 1 is 1.29 bits per heavy atom. The molecule has 2 saturated carbocycles. The van der Waals surface area contributed by atoms with Crippen molar-refractivity contribution < 1.29 is 18.4 Å². The van der Waals surface area contributed by atoms with Crippen molar-refractivity contribution in [2.75, 3.05) is 24.5 Å². The van der Waals surface area contributed by atoms with Crippen molar-refractivity contribution in [1.82, 2.24) is 15.3 Å². The molecule has 2 aliphatic carbocycles. The average Bonchev–Trinajstić information content (AvgIpc) is 2.96. The number of nitrogens with one attached hydrogen (secondary N) is 1. The minimum Gasteiger partial charge on any atom is -0.397 e. The number of carbonyl (C=O) groups excluding carboxylic acids is 2. The quantitative estimate of drug-likeness (QED) is 0.546. The number of carbonyl (C=O) groups is 2. The third-order valence-corrected chi connectivity index (χ3v) is 6.72. The Hall–Kier alpha value is -2.42. The Morgan fingerprint density at radius 2 is 2.10 bits per heavy atom. The zero-order valence-electron chi connectivity index (χ0n) is 17.8. The van der Waals surface area contributed by atoms with E-state index < -0.39 is 30.0 Å². The Morgan fingerprint density at radius 3 is 2.87 bits per heavy atom. The minimum atomic E-state index is -3.16. The average molecular weight is 434 g/mol. The summed E-state index contributed by atoms with van der Waals surface area (Å²) in [6.07, 6.45) is 2.49. The molecule has 3 fully saturated rings. The maximum atomic E-state index is 14.7. The fraction of sp³-hybridized carbons (Fsp3) is 0.636. The number of nitrogens with two attached hydrogens (primary N) is 1. The molecule has 0 aromatic carbocycles. The molecule has 3 N–H and O–H groups in total. The second-order valence-corrected chi connectivity index (χ2v) is 8.99. The number of ketones is 2. The zero-order chi connectivity index (χ0) is 22.2. The number of hydrogen-bond donors (Lipinski definition) is 2. The van der Waals surface area contributed by atoms with E-state index in [1.54, 1.807) is 0 Å². The highest BCUT2D eigenvalue weighted by Gasteiger charge is 2.58. The highest BCUT2D eigenvalue weighted by atomic mass is 19.3. The van der Waals surface area contributed by atoms with E-state index in [1.807, 2.05) is 4.90 Å². The van der Waals surface area contributed by atoms with E-state index >= 15 is 0 Å². The molecule has 4 rings (SSSR count). The monoisotopic (exact) mass is 433 g/mol. The van der Waals surface area contributed by atoms with Gasteiger partial charge < -0.3 is 16.0 Å². The van der Waals surface area contributed by atoms with Crippen LogP contribution in [0.1, 0.15) is 57.6 Å². The highest BCUT2D eigenvalue weighted by Crippen LogP contribution is 2.51. The molecule has 9 heteroatoms. The van der Waals surface area contributed by atoms with Gasteiger partial charge in [-0.1, -0.05) is 6.42 Å². The van der Waals surface area contributed by atoms with E-state index in [9.17, 15) is 18.4 Å². The topological polar surface area (TPSA) is 101 Å². The van der Waals surface area contributed by atoms with Gasteiger partial charge in [-0.2, -0.15) is 0 Å². The number of aromatic nitrogens is 2. The number of alkyl halides is 2. The van der Waals surface area contributed by atoms with Gasteiger partial charge in [-0.25, -0.2) is 18.7 Å². The van der Waals surface area contributed by atoms with Crippen molar-refractivity contribution in [3.63, 3.8) is 0 Å². The van der Waals surface area contributed by atoms with Gasteiger partial charge in [0.2, 0.25) is 5.95 Å². The Kier molecular flexibility index (Phi) is 5.81. The first-order valence-corrected chi connectivity index (χ1v) is 11.0. The van der Waals surface area contributed by atoms with Crippen LogP contribution in [-0.4, -0.2) is 53.1 Å². The maximum absolute atomic E-state index is 14.7. The van der Waals surface area contributed by atoms with Gasteiger partial charge in [0.05, 0.1) is 16.8 Å². The molecule has 2 heterocycles. The molecule has 1 unspecified atom stereocenters. The maximum Gasteiger partial charge on any atom is 0.253 e. The van der Waals surface area contributed by atoms with Crippen LogP contribution in [-0.2, 0) is 9.59 Å². The molecule has 2 atom stereocenters. The minimum absolute atomic E-state index is 0.0774. The first-order valence-electron chi connectivity index (χ1n) is 11.0. The van der Waals surface area contributed by atoms with Gasteiger partial charge in [-0.05, 0) is 38.8 Å². The van der Waals surface area contributed by atoms with Crippen molar-refractivity contribution >= 4 is 23.2 Å². The molecule has 1 saturated heterocycles. The molecule has 1 aromatic heterocycles. The molecule has 31 heavy (non-hydrogen) atoms. The number of nitrogens with zero attached hydrogens (tertiary/aromatic N) is 3. The zero-order valence-corrected chi connectivity index (χ0v) is 17.8. The lowest BCUT2D eigenvalue weighted by molar-refractivity contribution is -0.154. The Bertz CT molecular complexity index is 919. The largest absolute Gasteiger partial charge is 0.397 e. The smallest absolute Gasteiger partial charge is 0.253 e. The van der Waals surface area contributed by atoms with Gasteiger partial charge >= 0.3 is 0 Å². The third-order valence-electron chi connectivity index (χ3n) is 6.72. The predicted octanol–water partition coefficient (Wildman–Crippen LogP) is 2.46. The predicted molar refractivity (Wildman–Crippen MR) is 113 cm³/mol. The molecule has 1 aromatic rings. The summed E-state index contributed by atoms with van der Waals surface area (Å²) in [6.45, 7) is 4.48. The van der Waals surface area contributed by atoms with Crippen LogP contribution < -0.4 is 16.0 Å². The summed E-state index contributed by atoms with van der Waals surface area (Å²) in [6, 6.07) is 1.68. The Balaban J connectivity index is 1.73. The lowest BCUT2D eigenvalue weighted by Crippen LogP contribution is -2.51. The summed E-state index contributed by atoms with van der Waals surface area (Å²) >= 11 is 0. The molecule has 3 aliphatic rings. The van der Waals surface area contributed by atoms with Crippen LogP contribution in [0.3, 0.4) is 0 Å². The summed E-state index contributed by atoms with van der Waals surface area (Å²) in [5.74, 6) is -3.65. The van der Waals surface area contributed by atoms with Gasteiger partial charge in [-0.3, -0.25) is 9.59 Å². The Labute approximate surface area is 180 Å². The fourth-order valence-electron chi connectivity index (χ4n) is 5.05. The summed E-state index contributed by atoms with van der Waals surface area (Å²) < 4.78 is 29.5. The van der Waals surface area contributed by atoms with E-state index in [0.29, 0.717) is 18.8 Å². The number of allylic oxidation sites excluding steroid dienone is 1. The lowest BCUT2D eigenvalue weighted by atomic mass is 9.61. The van der Waals surface area contributed by atoms with Crippen molar-refractivity contribution in [2.45, 2.75) is 63.8 Å². The van der Waals surface area contributed by atoms with Gasteiger partial charge in [-0.15, -0.1) is 0 Å². The van der Waals surface area contributed by atoms with E-state index in [-0.39, 0.29) is 41.6 Å². The van der Waals surface area contributed by atoms with Crippen LogP contribution >= 0.6 is 0 Å². The van der Waals surface area contributed by atoms with Crippen LogP contribution in [0, 0.1) is 5.41 Å². The second kappa shape index (κ2) is 8.26. The number of rotatable bonds is 2. The number of halogens is 2. The molecule has 0 amide bonds. The van der Waals surface area contributed by atoms with Crippen molar-refractivity contribution in [2.24, 2.45) is 11.1 Å². The van der Waals surface area contributed by atoms with E-state index in [4.69, 9.17) is 5.73 Å². The van der Waals surface area contributed by atoms with Crippen LogP contribution in [0.5, 0.6) is 0 Å². The van der Waals surface area contributed by atoms with Crippen LogP contribution in [0.25, 0.3) is 5.70 Å². The SMILES string of the molecule is C[C@H]1CNCCCN1c1nccc(C(N)=C2CC(F)(F)CC3(CCCCC3=O)C2=O)n1. The van der Waals surface area contributed by atoms with E-state index in [2.05, 4.69) is 22.2 Å². The number of anilines is 1. The first-order chi connectivity index (χ1) is 14.7. The standard InChI is InChI=1S/C22H29F2N5O2/c1-14-12-26-8-4-10-29(14)20-27-9-6-16(28-20)18(25)15-11-22(23,24)13-21(19(15)31)7-3-2-5-17(21)30/h6,9,14,26H,2-5,7-8,10-13,25H2,1H3/t14-,21?/m0/s1. The fourth-order valence-corrected chi connectivity index (χ4v) is 5.05. The summed E-state index contributed by atoms with van der Waals surface area (Å²) in [5.41, 5.74) is 4.61. The van der Waals surface area contributed by atoms with Gasteiger partial charge in [0.1, 0.15) is 5.78 Å². The molecule has 7 nitrogen and oxygen atoms in total. The van der Waals surface area contributed by atoms with Crippen LogP contribution in [0.4, 0.5) is 14.7 Å². The molecule has 1 spiro atoms. The highest BCUT2D eigenvalue weighted by molar-refractivity contribution is 6.18. The number of Topliss-reactive ketones (excluding diaryl/α,β-unsaturated/α-hetero) is 2.